The minimum atomic E-state index is -1.01. The largest absolute Gasteiger partial charge is 0.460 e. The first-order valence-electron chi connectivity index (χ1n) is 7.73. The Bertz CT molecular complexity index is 411. The summed E-state index contributed by atoms with van der Waals surface area (Å²) < 4.78 is 24.3. The standard InChI is InChI=1S/C16H28FNO4/c1-15(2,3)21-13(19)10-12-9-11(17)7-8-18(12)14(20)22-16(4,5)6/h11-12H,7-10H2,1-6H3/t11-,12-/m0/s1. The Kier molecular flexibility index (Phi) is 5.82. The smallest absolute Gasteiger partial charge is 0.410 e. The zero-order chi connectivity index (χ0) is 17.1. The molecule has 0 saturated carbocycles. The van der Waals surface area contributed by atoms with Crippen LogP contribution in [0.3, 0.4) is 0 Å². The molecule has 1 aliphatic rings. The number of rotatable bonds is 2. The van der Waals surface area contributed by atoms with Gasteiger partial charge in [-0.15, -0.1) is 0 Å². The van der Waals surface area contributed by atoms with Crippen LogP contribution in [0.15, 0.2) is 0 Å². The van der Waals surface area contributed by atoms with Crippen LogP contribution < -0.4 is 0 Å². The second kappa shape index (κ2) is 6.84. The van der Waals surface area contributed by atoms with E-state index in [1.165, 1.54) is 4.90 Å². The van der Waals surface area contributed by atoms with Gasteiger partial charge in [0.05, 0.1) is 6.42 Å². The van der Waals surface area contributed by atoms with Crippen molar-refractivity contribution in [3.8, 4) is 0 Å². The maximum atomic E-state index is 13.7. The molecule has 5 nitrogen and oxygen atoms in total. The molecule has 0 radical (unpaired) electrons. The number of hydrogen-bond acceptors (Lipinski definition) is 4. The predicted octanol–water partition coefficient (Wildman–Crippen LogP) is 3.46. The van der Waals surface area contributed by atoms with Crippen LogP contribution in [-0.2, 0) is 14.3 Å². The van der Waals surface area contributed by atoms with Gasteiger partial charge in [-0.2, -0.15) is 0 Å². The normalized spacial score (nSPS) is 23.1. The number of ether oxygens (including phenoxy) is 2. The summed E-state index contributed by atoms with van der Waals surface area (Å²) in [6.07, 6.45) is -1.13. The summed E-state index contributed by atoms with van der Waals surface area (Å²) >= 11 is 0. The molecule has 1 aliphatic heterocycles. The van der Waals surface area contributed by atoms with Gasteiger partial charge in [0.15, 0.2) is 0 Å². The summed E-state index contributed by atoms with van der Waals surface area (Å²) in [5.74, 6) is -0.430. The first-order chi connectivity index (χ1) is 9.87. The van der Waals surface area contributed by atoms with Crippen LogP contribution in [0.25, 0.3) is 0 Å². The second-order valence-corrected chi connectivity index (χ2v) is 7.74. The molecule has 1 fully saturated rings. The number of carbonyl (C=O) groups excluding carboxylic acids is 2. The van der Waals surface area contributed by atoms with Gasteiger partial charge < -0.3 is 14.4 Å². The van der Waals surface area contributed by atoms with Crippen LogP contribution in [0, 0.1) is 0 Å². The van der Waals surface area contributed by atoms with E-state index in [1.807, 2.05) is 0 Å². The molecule has 0 aromatic carbocycles. The average molecular weight is 317 g/mol. The number of alkyl halides is 1. The molecule has 6 heteroatoms. The molecular formula is C16H28FNO4. The van der Waals surface area contributed by atoms with Gasteiger partial charge in [0.1, 0.15) is 17.4 Å². The second-order valence-electron chi connectivity index (χ2n) is 7.74. The Morgan fingerprint density at radius 2 is 1.64 bits per heavy atom. The lowest BCUT2D eigenvalue weighted by Gasteiger charge is -2.37. The van der Waals surface area contributed by atoms with E-state index in [2.05, 4.69) is 0 Å². The van der Waals surface area contributed by atoms with Crippen molar-refractivity contribution in [3.05, 3.63) is 0 Å². The van der Waals surface area contributed by atoms with Gasteiger partial charge in [-0.1, -0.05) is 0 Å². The fraction of sp³-hybridized carbons (Fsp3) is 0.875. The number of esters is 1. The first-order valence-corrected chi connectivity index (χ1v) is 7.73. The van der Waals surface area contributed by atoms with Crippen molar-refractivity contribution in [2.75, 3.05) is 6.54 Å². The quantitative estimate of drug-likeness (QED) is 0.732. The monoisotopic (exact) mass is 317 g/mol. The van der Waals surface area contributed by atoms with E-state index < -0.39 is 35.5 Å². The Labute approximate surface area is 132 Å². The number of carbonyl (C=O) groups is 2. The molecule has 0 aromatic rings. The third kappa shape index (κ3) is 6.62. The summed E-state index contributed by atoms with van der Waals surface area (Å²) in [4.78, 5) is 25.6. The molecule has 0 aromatic heterocycles. The van der Waals surface area contributed by atoms with Crippen LogP contribution in [-0.4, -0.2) is 46.9 Å². The topological polar surface area (TPSA) is 55.8 Å². The highest BCUT2D eigenvalue weighted by Crippen LogP contribution is 2.25. The van der Waals surface area contributed by atoms with Crippen LogP contribution in [0.2, 0.25) is 0 Å². The van der Waals surface area contributed by atoms with Gasteiger partial charge >= 0.3 is 12.1 Å². The van der Waals surface area contributed by atoms with Crippen molar-refractivity contribution < 1.29 is 23.5 Å². The van der Waals surface area contributed by atoms with Crippen molar-refractivity contribution in [1.82, 2.24) is 4.90 Å². The van der Waals surface area contributed by atoms with E-state index in [-0.39, 0.29) is 25.8 Å². The summed E-state index contributed by atoms with van der Waals surface area (Å²) in [7, 11) is 0. The SMILES string of the molecule is CC(C)(C)OC(=O)C[C@@H]1C[C@@H](F)CCN1C(=O)OC(C)(C)C. The Balaban J connectivity index is 2.73. The van der Waals surface area contributed by atoms with Gasteiger partial charge in [-0.25, -0.2) is 9.18 Å². The van der Waals surface area contributed by atoms with Crippen LogP contribution in [0.1, 0.15) is 60.8 Å². The summed E-state index contributed by atoms with van der Waals surface area (Å²) in [6, 6.07) is -0.520. The molecular weight excluding hydrogens is 289 g/mol. The fourth-order valence-electron chi connectivity index (χ4n) is 2.33. The van der Waals surface area contributed by atoms with Crippen molar-refractivity contribution in [1.29, 1.82) is 0 Å². The Morgan fingerprint density at radius 1 is 1.09 bits per heavy atom. The van der Waals surface area contributed by atoms with E-state index in [9.17, 15) is 14.0 Å². The van der Waals surface area contributed by atoms with E-state index in [4.69, 9.17) is 9.47 Å². The zero-order valence-corrected chi connectivity index (χ0v) is 14.4. The van der Waals surface area contributed by atoms with E-state index in [1.54, 1.807) is 41.5 Å². The van der Waals surface area contributed by atoms with Crippen molar-refractivity contribution in [2.45, 2.75) is 84.2 Å². The fourth-order valence-corrected chi connectivity index (χ4v) is 2.33. The Morgan fingerprint density at radius 3 is 2.14 bits per heavy atom. The molecule has 22 heavy (non-hydrogen) atoms. The molecule has 0 aliphatic carbocycles. The number of piperidine rings is 1. The highest BCUT2D eigenvalue weighted by atomic mass is 19.1. The van der Waals surface area contributed by atoms with Crippen LogP contribution >= 0.6 is 0 Å². The molecule has 1 rings (SSSR count). The third-order valence-electron chi connectivity index (χ3n) is 3.10. The van der Waals surface area contributed by atoms with E-state index in [0.717, 1.165) is 0 Å². The summed E-state index contributed by atoms with van der Waals surface area (Å²) in [5, 5.41) is 0. The highest BCUT2D eigenvalue weighted by Gasteiger charge is 2.36. The number of hydrogen-bond donors (Lipinski definition) is 0. The minimum absolute atomic E-state index is 0.0169. The van der Waals surface area contributed by atoms with Crippen molar-refractivity contribution in [3.63, 3.8) is 0 Å². The molecule has 1 heterocycles. The molecule has 0 N–H and O–H groups in total. The van der Waals surface area contributed by atoms with E-state index in [0.29, 0.717) is 0 Å². The number of likely N-dealkylation sites (tertiary alicyclic amines) is 1. The molecule has 1 saturated heterocycles. The van der Waals surface area contributed by atoms with Gasteiger partial charge in [0, 0.05) is 12.6 Å². The lowest BCUT2D eigenvalue weighted by atomic mass is 9.98. The number of halogens is 1. The Hall–Kier alpha value is -1.33. The summed E-state index contributed by atoms with van der Waals surface area (Å²) in [6.45, 7) is 10.9. The number of nitrogens with zero attached hydrogens (tertiary/aromatic N) is 1. The first kappa shape index (κ1) is 18.7. The highest BCUT2D eigenvalue weighted by molar-refractivity contribution is 5.73. The maximum absolute atomic E-state index is 13.7. The molecule has 2 atom stereocenters. The van der Waals surface area contributed by atoms with Gasteiger partial charge in [-0.05, 0) is 54.4 Å². The minimum Gasteiger partial charge on any atom is -0.460 e. The lowest BCUT2D eigenvalue weighted by Crippen LogP contribution is -2.49. The van der Waals surface area contributed by atoms with Crippen molar-refractivity contribution in [2.24, 2.45) is 0 Å². The summed E-state index contributed by atoms with van der Waals surface area (Å²) in [5.41, 5.74) is -1.22. The van der Waals surface area contributed by atoms with Gasteiger partial charge in [-0.3, -0.25) is 4.79 Å². The van der Waals surface area contributed by atoms with E-state index >= 15 is 0 Å². The van der Waals surface area contributed by atoms with Crippen LogP contribution in [0.5, 0.6) is 0 Å². The van der Waals surface area contributed by atoms with Gasteiger partial charge in [0.25, 0.3) is 0 Å². The molecule has 0 spiro atoms. The average Bonchev–Trinajstić information content (AvgIpc) is 2.23. The molecule has 128 valence electrons. The van der Waals surface area contributed by atoms with Gasteiger partial charge in [0.2, 0.25) is 0 Å². The molecule has 1 amide bonds. The molecule has 0 unspecified atom stereocenters. The lowest BCUT2D eigenvalue weighted by molar-refractivity contribution is -0.156. The predicted molar refractivity (Wildman–Crippen MR) is 81.3 cm³/mol. The molecule has 0 bridgehead atoms. The maximum Gasteiger partial charge on any atom is 0.410 e. The van der Waals surface area contributed by atoms with Crippen LogP contribution in [0.4, 0.5) is 9.18 Å². The number of amides is 1. The van der Waals surface area contributed by atoms with Crippen molar-refractivity contribution >= 4 is 12.1 Å². The third-order valence-corrected chi connectivity index (χ3v) is 3.10. The zero-order valence-electron chi connectivity index (χ0n) is 14.4.